The molecule has 0 unspecified atom stereocenters. The van der Waals surface area contributed by atoms with Crippen LogP contribution >= 0.6 is 39.7 Å². The third-order valence-corrected chi connectivity index (χ3v) is 3.17. The predicted molar refractivity (Wildman–Crippen MR) is 78.3 cm³/mol. The van der Waals surface area contributed by atoms with Crippen LogP contribution in [-0.2, 0) is 0 Å². The molecule has 0 saturated carbocycles. The largest absolute Gasteiger partial charge is 0.362 e. The van der Waals surface area contributed by atoms with Crippen molar-refractivity contribution in [1.82, 2.24) is 5.32 Å². The third-order valence-electron chi connectivity index (χ3n) is 1.99. The lowest BCUT2D eigenvalue weighted by atomic mass is 10.3. The summed E-state index contributed by atoms with van der Waals surface area (Å²) in [6.45, 7) is 3.03. The highest BCUT2D eigenvalue weighted by molar-refractivity contribution is 9.10. The Morgan fingerprint density at radius 2 is 2.25 bits per heavy atom. The second-order valence-electron chi connectivity index (χ2n) is 3.36. The van der Waals surface area contributed by atoms with E-state index in [-0.39, 0.29) is 0 Å². The molecule has 1 aromatic rings. The summed E-state index contributed by atoms with van der Waals surface area (Å²) in [6, 6.07) is 5.54. The molecule has 1 rings (SSSR count). The minimum Gasteiger partial charge on any atom is -0.362 e. The number of halogens is 2. The molecular formula is C11H14BrClN2S. The lowest BCUT2D eigenvalue weighted by Crippen LogP contribution is -2.29. The summed E-state index contributed by atoms with van der Waals surface area (Å²) in [7, 11) is 0. The summed E-state index contributed by atoms with van der Waals surface area (Å²) >= 11 is 14.5. The fourth-order valence-electron chi connectivity index (χ4n) is 1.14. The molecule has 0 aromatic heterocycles. The maximum absolute atomic E-state index is 5.90. The van der Waals surface area contributed by atoms with Gasteiger partial charge >= 0.3 is 0 Å². The Morgan fingerprint density at radius 3 is 2.94 bits per heavy atom. The normalized spacial score (nSPS) is 9.94. The fraction of sp³-hybridized carbons (Fsp3) is 0.364. The Balaban J connectivity index is 2.52. The van der Waals surface area contributed by atoms with E-state index in [1.54, 1.807) is 0 Å². The Labute approximate surface area is 115 Å². The second-order valence-corrected chi connectivity index (χ2v) is 5.06. The molecular weight excluding hydrogens is 308 g/mol. The van der Waals surface area contributed by atoms with Crippen LogP contribution in [0.25, 0.3) is 0 Å². The highest BCUT2D eigenvalue weighted by Crippen LogP contribution is 2.25. The number of hydrogen-bond donors (Lipinski definition) is 2. The van der Waals surface area contributed by atoms with Gasteiger partial charge in [0.1, 0.15) is 0 Å². The SMILES string of the molecule is CCCCNC(=S)Nc1cc(Cl)ccc1Br. The molecule has 0 amide bonds. The lowest BCUT2D eigenvalue weighted by Gasteiger charge is -2.11. The van der Waals surface area contributed by atoms with Crippen LogP contribution in [0, 0.1) is 0 Å². The van der Waals surface area contributed by atoms with E-state index >= 15 is 0 Å². The van der Waals surface area contributed by atoms with E-state index in [1.807, 2.05) is 18.2 Å². The highest BCUT2D eigenvalue weighted by Gasteiger charge is 2.02. The van der Waals surface area contributed by atoms with Gasteiger partial charge in [-0.3, -0.25) is 0 Å². The molecule has 0 atom stereocenters. The monoisotopic (exact) mass is 320 g/mol. The summed E-state index contributed by atoms with van der Waals surface area (Å²) in [5.41, 5.74) is 0.876. The van der Waals surface area contributed by atoms with E-state index in [0.29, 0.717) is 10.1 Å². The van der Waals surface area contributed by atoms with Crippen molar-refractivity contribution in [1.29, 1.82) is 0 Å². The van der Waals surface area contributed by atoms with Gasteiger partial charge in [0.15, 0.2) is 5.11 Å². The number of thiocarbonyl (C=S) groups is 1. The standard InChI is InChI=1S/C11H14BrClN2S/c1-2-3-6-14-11(16)15-10-7-8(13)4-5-9(10)12/h4-5,7H,2-3,6H2,1H3,(H2,14,15,16). The van der Waals surface area contributed by atoms with Gasteiger partial charge in [-0.1, -0.05) is 24.9 Å². The zero-order valence-corrected chi connectivity index (χ0v) is 12.2. The van der Waals surface area contributed by atoms with Gasteiger partial charge in [-0.25, -0.2) is 0 Å². The van der Waals surface area contributed by atoms with E-state index in [2.05, 4.69) is 33.5 Å². The first-order chi connectivity index (χ1) is 7.63. The van der Waals surface area contributed by atoms with E-state index in [0.717, 1.165) is 29.5 Å². The Hall–Kier alpha value is -0.320. The fourth-order valence-corrected chi connectivity index (χ4v) is 1.87. The molecule has 5 heteroatoms. The first-order valence-corrected chi connectivity index (χ1v) is 6.71. The minimum atomic E-state index is 0.622. The van der Waals surface area contributed by atoms with Gasteiger partial charge in [0.25, 0.3) is 0 Å². The third kappa shape index (κ3) is 4.68. The van der Waals surface area contributed by atoms with Gasteiger partial charge < -0.3 is 10.6 Å². The quantitative estimate of drug-likeness (QED) is 0.642. The van der Waals surface area contributed by atoms with Crippen LogP contribution in [0.5, 0.6) is 0 Å². The first-order valence-electron chi connectivity index (χ1n) is 5.13. The molecule has 0 saturated heterocycles. The predicted octanol–water partition coefficient (Wildman–Crippen LogP) is 4.19. The van der Waals surface area contributed by atoms with Crippen molar-refractivity contribution in [3.8, 4) is 0 Å². The molecule has 0 aliphatic carbocycles. The van der Waals surface area contributed by atoms with E-state index in [4.69, 9.17) is 23.8 Å². The number of benzene rings is 1. The van der Waals surface area contributed by atoms with Gasteiger partial charge in [0, 0.05) is 16.0 Å². The Morgan fingerprint density at radius 1 is 1.50 bits per heavy atom. The topological polar surface area (TPSA) is 24.1 Å². The van der Waals surface area contributed by atoms with Gasteiger partial charge in [0.2, 0.25) is 0 Å². The molecule has 2 N–H and O–H groups in total. The number of nitrogens with one attached hydrogen (secondary N) is 2. The summed E-state index contributed by atoms with van der Waals surface area (Å²) in [5.74, 6) is 0. The average molecular weight is 322 g/mol. The maximum atomic E-state index is 5.90. The molecule has 0 fully saturated rings. The molecule has 0 aliphatic heterocycles. The van der Waals surface area contributed by atoms with Crippen LogP contribution in [0.2, 0.25) is 5.02 Å². The van der Waals surface area contributed by atoms with Crippen molar-refractivity contribution in [3.05, 3.63) is 27.7 Å². The van der Waals surface area contributed by atoms with Crippen LogP contribution < -0.4 is 10.6 Å². The molecule has 0 bridgehead atoms. The lowest BCUT2D eigenvalue weighted by molar-refractivity contribution is 0.758. The van der Waals surface area contributed by atoms with Gasteiger partial charge in [-0.05, 0) is 52.8 Å². The van der Waals surface area contributed by atoms with Crippen molar-refractivity contribution in [2.24, 2.45) is 0 Å². The van der Waals surface area contributed by atoms with Crippen LogP contribution in [0.15, 0.2) is 22.7 Å². The molecule has 0 radical (unpaired) electrons. The van der Waals surface area contributed by atoms with E-state index in [9.17, 15) is 0 Å². The van der Waals surface area contributed by atoms with Crippen molar-refractivity contribution in [2.75, 3.05) is 11.9 Å². The number of anilines is 1. The van der Waals surface area contributed by atoms with E-state index in [1.165, 1.54) is 0 Å². The smallest absolute Gasteiger partial charge is 0.170 e. The summed E-state index contributed by atoms with van der Waals surface area (Å²) in [6.07, 6.45) is 2.26. The zero-order chi connectivity index (χ0) is 12.0. The maximum Gasteiger partial charge on any atom is 0.170 e. The van der Waals surface area contributed by atoms with Crippen molar-refractivity contribution in [3.63, 3.8) is 0 Å². The van der Waals surface area contributed by atoms with Crippen LogP contribution in [-0.4, -0.2) is 11.7 Å². The molecule has 16 heavy (non-hydrogen) atoms. The summed E-state index contributed by atoms with van der Waals surface area (Å²) < 4.78 is 0.941. The molecule has 88 valence electrons. The number of unbranched alkanes of at least 4 members (excludes halogenated alkanes) is 1. The van der Waals surface area contributed by atoms with Crippen molar-refractivity contribution in [2.45, 2.75) is 19.8 Å². The molecule has 0 spiro atoms. The minimum absolute atomic E-state index is 0.622. The van der Waals surface area contributed by atoms with Crippen LogP contribution in [0.1, 0.15) is 19.8 Å². The highest BCUT2D eigenvalue weighted by atomic mass is 79.9. The average Bonchev–Trinajstić information content (AvgIpc) is 2.24. The van der Waals surface area contributed by atoms with E-state index < -0.39 is 0 Å². The Bertz CT molecular complexity index is 371. The molecule has 1 aromatic carbocycles. The van der Waals surface area contributed by atoms with Gasteiger partial charge in [0.05, 0.1) is 5.69 Å². The summed E-state index contributed by atoms with van der Waals surface area (Å²) in [4.78, 5) is 0. The van der Waals surface area contributed by atoms with Crippen LogP contribution in [0.3, 0.4) is 0 Å². The van der Waals surface area contributed by atoms with Gasteiger partial charge in [-0.2, -0.15) is 0 Å². The zero-order valence-electron chi connectivity index (χ0n) is 9.02. The second kappa shape index (κ2) is 7.09. The van der Waals surface area contributed by atoms with Crippen molar-refractivity contribution < 1.29 is 0 Å². The van der Waals surface area contributed by atoms with Crippen molar-refractivity contribution >= 4 is 50.5 Å². The summed E-state index contributed by atoms with van der Waals surface area (Å²) in [5, 5.41) is 7.54. The first kappa shape index (κ1) is 13.7. The molecule has 2 nitrogen and oxygen atoms in total. The van der Waals surface area contributed by atoms with Crippen LogP contribution in [0.4, 0.5) is 5.69 Å². The van der Waals surface area contributed by atoms with Gasteiger partial charge in [-0.15, -0.1) is 0 Å². The number of hydrogen-bond acceptors (Lipinski definition) is 1. The molecule has 0 heterocycles. The Kier molecular flexibility index (Phi) is 6.09. The number of rotatable bonds is 4. The molecule has 0 aliphatic rings.